The Morgan fingerprint density at radius 3 is 2.61 bits per heavy atom. The molecule has 2 rings (SSSR count). The van der Waals surface area contributed by atoms with Crippen molar-refractivity contribution in [2.45, 2.75) is 25.8 Å². The molecule has 0 unspecified atom stereocenters. The maximum atomic E-state index is 5.97. The number of benzene rings is 1. The molecule has 2 nitrogen and oxygen atoms in total. The first-order chi connectivity index (χ1) is 8.79. The molecule has 1 aromatic heterocycles. The van der Waals surface area contributed by atoms with Crippen molar-refractivity contribution in [2.24, 2.45) is 5.73 Å². The third kappa shape index (κ3) is 3.59. The zero-order valence-corrected chi connectivity index (χ0v) is 11.5. The predicted molar refractivity (Wildman–Crippen MR) is 77.2 cm³/mol. The summed E-state index contributed by atoms with van der Waals surface area (Å²) in [5.41, 5.74) is 7.14. The molecule has 0 spiro atoms. The summed E-state index contributed by atoms with van der Waals surface area (Å²) in [6.07, 6.45) is 1.92. The average molecular weight is 261 g/mol. The van der Waals surface area contributed by atoms with Crippen LogP contribution in [0.25, 0.3) is 0 Å². The van der Waals surface area contributed by atoms with Crippen molar-refractivity contribution in [3.63, 3.8) is 0 Å². The lowest BCUT2D eigenvalue weighted by atomic mass is 10.1. The molecule has 0 fully saturated rings. The Balaban J connectivity index is 1.83. The lowest BCUT2D eigenvalue weighted by Crippen LogP contribution is -2.08. The Kier molecular flexibility index (Phi) is 4.79. The van der Waals surface area contributed by atoms with Crippen LogP contribution in [0, 0.1) is 0 Å². The fourth-order valence-electron chi connectivity index (χ4n) is 1.77. The van der Waals surface area contributed by atoms with Gasteiger partial charge < -0.3 is 10.5 Å². The highest BCUT2D eigenvalue weighted by molar-refractivity contribution is 7.09. The highest BCUT2D eigenvalue weighted by Gasteiger charge is 2.03. The lowest BCUT2D eigenvalue weighted by molar-refractivity contribution is 0.323. The van der Waals surface area contributed by atoms with E-state index in [1.165, 1.54) is 10.4 Å². The SMILES string of the molecule is CC[C@@H](N)c1ccc(OCCc2cccs2)cc1. The molecule has 18 heavy (non-hydrogen) atoms. The zero-order valence-electron chi connectivity index (χ0n) is 10.6. The first-order valence-corrected chi connectivity index (χ1v) is 7.18. The summed E-state index contributed by atoms with van der Waals surface area (Å²) in [4.78, 5) is 1.36. The van der Waals surface area contributed by atoms with Gasteiger partial charge in [-0.05, 0) is 35.6 Å². The number of hydrogen-bond acceptors (Lipinski definition) is 3. The highest BCUT2D eigenvalue weighted by Crippen LogP contribution is 2.18. The van der Waals surface area contributed by atoms with Crippen LogP contribution in [0.1, 0.15) is 29.8 Å². The molecule has 0 saturated heterocycles. The molecule has 0 radical (unpaired) electrons. The molecule has 3 heteroatoms. The topological polar surface area (TPSA) is 35.2 Å². The van der Waals surface area contributed by atoms with Gasteiger partial charge in [-0.15, -0.1) is 11.3 Å². The molecular weight excluding hydrogens is 242 g/mol. The van der Waals surface area contributed by atoms with Gasteiger partial charge in [0.05, 0.1) is 6.61 Å². The number of hydrogen-bond donors (Lipinski definition) is 1. The molecule has 1 heterocycles. The van der Waals surface area contributed by atoms with Gasteiger partial charge in [0.25, 0.3) is 0 Å². The van der Waals surface area contributed by atoms with E-state index in [0.717, 1.165) is 25.2 Å². The first-order valence-electron chi connectivity index (χ1n) is 6.30. The van der Waals surface area contributed by atoms with E-state index in [4.69, 9.17) is 10.5 Å². The van der Waals surface area contributed by atoms with Gasteiger partial charge in [0, 0.05) is 17.3 Å². The van der Waals surface area contributed by atoms with Crippen molar-refractivity contribution in [1.82, 2.24) is 0 Å². The van der Waals surface area contributed by atoms with Gasteiger partial charge in [-0.25, -0.2) is 0 Å². The summed E-state index contributed by atoms with van der Waals surface area (Å²) < 4.78 is 5.71. The second-order valence-electron chi connectivity index (χ2n) is 4.26. The molecule has 1 atom stereocenters. The fraction of sp³-hybridized carbons (Fsp3) is 0.333. The minimum absolute atomic E-state index is 0.130. The molecule has 0 aliphatic heterocycles. The van der Waals surface area contributed by atoms with Crippen molar-refractivity contribution >= 4 is 11.3 Å². The Morgan fingerprint density at radius 1 is 1.22 bits per heavy atom. The molecule has 2 aromatic rings. The molecule has 0 amide bonds. The van der Waals surface area contributed by atoms with Crippen LogP contribution in [0.3, 0.4) is 0 Å². The summed E-state index contributed by atoms with van der Waals surface area (Å²) in [5, 5.41) is 2.09. The van der Waals surface area contributed by atoms with Crippen LogP contribution in [0.5, 0.6) is 5.75 Å². The van der Waals surface area contributed by atoms with Gasteiger partial charge in [-0.2, -0.15) is 0 Å². The third-order valence-corrected chi connectivity index (χ3v) is 3.88. The van der Waals surface area contributed by atoms with Crippen molar-refractivity contribution in [3.8, 4) is 5.75 Å². The van der Waals surface area contributed by atoms with Gasteiger partial charge in [-0.3, -0.25) is 0 Å². The molecule has 0 saturated carbocycles. The summed E-state index contributed by atoms with van der Waals surface area (Å²) in [6.45, 7) is 2.82. The summed E-state index contributed by atoms with van der Waals surface area (Å²) in [6, 6.07) is 12.4. The number of thiophene rings is 1. The molecule has 2 N–H and O–H groups in total. The lowest BCUT2D eigenvalue weighted by Gasteiger charge is -2.10. The normalized spacial score (nSPS) is 12.3. The van der Waals surface area contributed by atoms with E-state index in [2.05, 4.69) is 36.6 Å². The van der Waals surface area contributed by atoms with Gasteiger partial charge in [0.2, 0.25) is 0 Å². The molecule has 1 aromatic carbocycles. The Bertz CT molecular complexity index is 450. The number of rotatable bonds is 6. The first kappa shape index (κ1) is 13.1. The molecule has 0 aliphatic carbocycles. The smallest absolute Gasteiger partial charge is 0.119 e. The molecule has 96 valence electrons. The van der Waals surface area contributed by atoms with Crippen LogP contribution in [0.4, 0.5) is 0 Å². The van der Waals surface area contributed by atoms with E-state index in [1.54, 1.807) is 11.3 Å². The van der Waals surface area contributed by atoms with E-state index in [-0.39, 0.29) is 6.04 Å². The second-order valence-corrected chi connectivity index (χ2v) is 5.29. The highest BCUT2D eigenvalue weighted by atomic mass is 32.1. The zero-order chi connectivity index (χ0) is 12.8. The van der Waals surface area contributed by atoms with Crippen LogP contribution >= 0.6 is 11.3 Å². The van der Waals surface area contributed by atoms with E-state index in [9.17, 15) is 0 Å². The quantitative estimate of drug-likeness (QED) is 0.859. The van der Waals surface area contributed by atoms with Gasteiger partial charge >= 0.3 is 0 Å². The maximum absolute atomic E-state index is 5.97. The van der Waals surface area contributed by atoms with Crippen LogP contribution in [0.15, 0.2) is 41.8 Å². The van der Waals surface area contributed by atoms with Gasteiger partial charge in [-0.1, -0.05) is 25.1 Å². The van der Waals surface area contributed by atoms with E-state index >= 15 is 0 Å². The minimum Gasteiger partial charge on any atom is -0.493 e. The van der Waals surface area contributed by atoms with Gasteiger partial charge in [0.15, 0.2) is 0 Å². The monoisotopic (exact) mass is 261 g/mol. The third-order valence-electron chi connectivity index (χ3n) is 2.95. The average Bonchev–Trinajstić information content (AvgIpc) is 2.92. The summed E-state index contributed by atoms with van der Waals surface area (Å²) in [5.74, 6) is 0.915. The van der Waals surface area contributed by atoms with Crippen LogP contribution in [-0.4, -0.2) is 6.61 Å². The predicted octanol–water partition coefficient (Wildman–Crippen LogP) is 3.78. The van der Waals surface area contributed by atoms with Crippen LogP contribution in [-0.2, 0) is 6.42 Å². The molecule has 0 bridgehead atoms. The summed E-state index contributed by atoms with van der Waals surface area (Å²) >= 11 is 1.77. The van der Waals surface area contributed by atoms with Crippen LogP contribution < -0.4 is 10.5 Å². The van der Waals surface area contributed by atoms with E-state index in [0.29, 0.717) is 0 Å². The Labute approximate surface area is 112 Å². The Morgan fingerprint density at radius 2 is 2.00 bits per heavy atom. The second kappa shape index (κ2) is 6.57. The minimum atomic E-state index is 0.130. The standard InChI is InChI=1S/C15H19NOS/c1-2-15(16)12-5-7-13(8-6-12)17-10-9-14-4-3-11-18-14/h3-8,11,15H,2,9-10,16H2,1H3/t15-/m1/s1. The molecular formula is C15H19NOS. The van der Waals surface area contributed by atoms with Crippen LogP contribution in [0.2, 0.25) is 0 Å². The maximum Gasteiger partial charge on any atom is 0.119 e. The fourth-order valence-corrected chi connectivity index (χ4v) is 2.46. The van der Waals surface area contributed by atoms with E-state index < -0.39 is 0 Å². The van der Waals surface area contributed by atoms with Crippen molar-refractivity contribution in [3.05, 3.63) is 52.2 Å². The van der Waals surface area contributed by atoms with Crippen molar-refractivity contribution < 1.29 is 4.74 Å². The Hall–Kier alpha value is -1.32. The van der Waals surface area contributed by atoms with Gasteiger partial charge in [0.1, 0.15) is 5.75 Å². The summed E-state index contributed by atoms with van der Waals surface area (Å²) in [7, 11) is 0. The van der Waals surface area contributed by atoms with Crippen molar-refractivity contribution in [1.29, 1.82) is 0 Å². The largest absolute Gasteiger partial charge is 0.493 e. The van der Waals surface area contributed by atoms with E-state index in [1.807, 2.05) is 12.1 Å². The number of nitrogens with two attached hydrogens (primary N) is 1. The molecule has 0 aliphatic rings. The van der Waals surface area contributed by atoms with Crippen molar-refractivity contribution in [2.75, 3.05) is 6.61 Å². The number of ether oxygens (including phenoxy) is 1.